The molecule has 1 aromatic heterocycles. The third-order valence-corrected chi connectivity index (χ3v) is 4.87. The largest absolute Gasteiger partial charge is 0.349 e. The first-order chi connectivity index (χ1) is 10.2. The monoisotopic (exact) mass is 282 g/mol. The maximum atomic E-state index is 12.2. The van der Waals surface area contributed by atoms with E-state index in [1.807, 2.05) is 30.5 Å². The molecule has 1 heterocycles. The number of amides is 1. The topological polar surface area (TPSA) is 83.8 Å². The highest BCUT2D eigenvalue weighted by Crippen LogP contribution is 2.59. The van der Waals surface area contributed by atoms with E-state index in [2.05, 4.69) is 15.5 Å². The molecule has 1 spiro atoms. The summed E-state index contributed by atoms with van der Waals surface area (Å²) in [5.41, 5.74) is 9.04. The second-order valence-corrected chi connectivity index (χ2v) is 6.32. The van der Waals surface area contributed by atoms with E-state index in [1.165, 1.54) is 0 Å². The average molecular weight is 282 g/mol. The lowest BCUT2D eigenvalue weighted by molar-refractivity contribution is 0.0873. The number of hydrogen-bond acceptors (Lipinski definition) is 3. The summed E-state index contributed by atoms with van der Waals surface area (Å²) in [6.45, 7) is 0. The van der Waals surface area contributed by atoms with Crippen LogP contribution in [0.3, 0.4) is 0 Å². The third-order valence-electron chi connectivity index (χ3n) is 4.87. The minimum Gasteiger partial charge on any atom is -0.349 e. The highest BCUT2D eigenvalue weighted by Gasteiger charge is 2.60. The van der Waals surface area contributed by atoms with Crippen molar-refractivity contribution in [2.24, 2.45) is 11.1 Å². The van der Waals surface area contributed by atoms with Gasteiger partial charge in [-0.1, -0.05) is 12.1 Å². The number of aromatic nitrogens is 2. The van der Waals surface area contributed by atoms with Crippen molar-refractivity contribution in [2.75, 3.05) is 0 Å². The van der Waals surface area contributed by atoms with Crippen LogP contribution in [0.2, 0.25) is 0 Å². The van der Waals surface area contributed by atoms with Crippen molar-refractivity contribution in [2.45, 2.75) is 31.3 Å². The number of rotatable bonds is 3. The highest BCUT2D eigenvalue weighted by molar-refractivity contribution is 5.95. The minimum absolute atomic E-state index is 0.00261. The van der Waals surface area contributed by atoms with Crippen molar-refractivity contribution in [3.8, 4) is 11.1 Å². The molecule has 2 saturated carbocycles. The number of nitrogens with two attached hydrogens (primary N) is 1. The summed E-state index contributed by atoms with van der Waals surface area (Å²) in [5.74, 6) is 0.00261. The maximum absolute atomic E-state index is 12.2. The Morgan fingerprint density at radius 1 is 1.24 bits per heavy atom. The quantitative estimate of drug-likeness (QED) is 0.801. The molecule has 0 aliphatic heterocycles. The number of aromatic amines is 1. The van der Waals surface area contributed by atoms with E-state index in [-0.39, 0.29) is 5.91 Å². The first-order valence-electron chi connectivity index (χ1n) is 7.32. The Morgan fingerprint density at radius 2 is 1.95 bits per heavy atom. The van der Waals surface area contributed by atoms with E-state index < -0.39 is 0 Å². The van der Waals surface area contributed by atoms with Crippen LogP contribution in [-0.4, -0.2) is 28.2 Å². The molecule has 1 amide bonds. The van der Waals surface area contributed by atoms with Gasteiger partial charge in [0.05, 0.1) is 6.20 Å². The van der Waals surface area contributed by atoms with Gasteiger partial charge in [0.1, 0.15) is 0 Å². The summed E-state index contributed by atoms with van der Waals surface area (Å²) < 4.78 is 0. The second-order valence-electron chi connectivity index (χ2n) is 6.32. The summed E-state index contributed by atoms with van der Waals surface area (Å²) >= 11 is 0. The van der Waals surface area contributed by atoms with Gasteiger partial charge in [0.25, 0.3) is 5.91 Å². The molecule has 1 unspecified atom stereocenters. The summed E-state index contributed by atoms with van der Waals surface area (Å²) in [5, 5.41) is 9.80. The van der Waals surface area contributed by atoms with Crippen molar-refractivity contribution in [3.05, 3.63) is 42.2 Å². The van der Waals surface area contributed by atoms with Gasteiger partial charge < -0.3 is 11.1 Å². The Labute approximate surface area is 122 Å². The van der Waals surface area contributed by atoms with Gasteiger partial charge in [0, 0.05) is 29.4 Å². The van der Waals surface area contributed by atoms with Crippen molar-refractivity contribution >= 4 is 5.91 Å². The summed E-state index contributed by atoms with van der Waals surface area (Å²) in [4.78, 5) is 12.2. The van der Waals surface area contributed by atoms with Gasteiger partial charge in [0.15, 0.2) is 0 Å². The van der Waals surface area contributed by atoms with Crippen LogP contribution in [0, 0.1) is 5.41 Å². The fourth-order valence-electron chi connectivity index (χ4n) is 3.36. The number of carbonyl (C=O) groups is 1. The zero-order valence-corrected chi connectivity index (χ0v) is 11.7. The molecule has 21 heavy (non-hydrogen) atoms. The number of benzene rings is 1. The van der Waals surface area contributed by atoms with Gasteiger partial charge in [-0.15, -0.1) is 0 Å². The Morgan fingerprint density at radius 3 is 2.52 bits per heavy atom. The minimum atomic E-state index is 0.00261. The predicted octanol–water partition coefficient (Wildman–Crippen LogP) is 1.69. The summed E-state index contributed by atoms with van der Waals surface area (Å²) in [6, 6.07) is 8.25. The smallest absolute Gasteiger partial charge is 0.251 e. The average Bonchev–Trinajstić information content (AvgIpc) is 2.91. The fraction of sp³-hybridized carbons (Fsp3) is 0.375. The maximum Gasteiger partial charge on any atom is 0.251 e. The van der Waals surface area contributed by atoms with E-state index >= 15 is 0 Å². The molecule has 5 heteroatoms. The van der Waals surface area contributed by atoms with E-state index in [0.717, 1.165) is 30.4 Å². The molecule has 2 aliphatic rings. The first kappa shape index (κ1) is 12.6. The number of H-pyrrole nitrogens is 1. The molecule has 5 nitrogen and oxygen atoms in total. The van der Waals surface area contributed by atoms with Gasteiger partial charge in [-0.25, -0.2) is 0 Å². The highest BCUT2D eigenvalue weighted by atomic mass is 16.1. The van der Waals surface area contributed by atoms with Crippen molar-refractivity contribution in [1.29, 1.82) is 0 Å². The Kier molecular flexibility index (Phi) is 2.65. The number of hydrogen-bond donors (Lipinski definition) is 3. The van der Waals surface area contributed by atoms with Crippen LogP contribution in [0.25, 0.3) is 11.1 Å². The van der Waals surface area contributed by atoms with Gasteiger partial charge in [-0.2, -0.15) is 5.10 Å². The van der Waals surface area contributed by atoms with Crippen LogP contribution in [0.1, 0.15) is 29.6 Å². The van der Waals surface area contributed by atoms with Crippen LogP contribution in [0.15, 0.2) is 36.7 Å². The first-order valence-corrected chi connectivity index (χ1v) is 7.32. The van der Waals surface area contributed by atoms with Gasteiger partial charge in [-0.3, -0.25) is 9.89 Å². The van der Waals surface area contributed by atoms with Crippen LogP contribution < -0.4 is 11.1 Å². The molecule has 1 aromatic carbocycles. The van der Waals surface area contributed by atoms with E-state index in [9.17, 15) is 4.79 Å². The van der Waals surface area contributed by atoms with Gasteiger partial charge >= 0.3 is 0 Å². The molecule has 4 rings (SSSR count). The zero-order chi connectivity index (χ0) is 14.4. The van der Waals surface area contributed by atoms with Crippen LogP contribution in [0.5, 0.6) is 0 Å². The molecule has 1 atom stereocenters. The standard InChI is InChI=1S/C16H18N4O/c17-14-7-16(14)5-13(6-16)20-15(21)11-3-1-10(2-4-11)12-8-18-19-9-12/h1-4,8-9,13-14H,5-7,17H2,(H,18,19)(H,20,21). The molecule has 108 valence electrons. The number of nitrogens with one attached hydrogen (secondary N) is 2. The van der Waals surface area contributed by atoms with Crippen LogP contribution in [0.4, 0.5) is 0 Å². The van der Waals surface area contributed by atoms with Crippen molar-refractivity contribution in [3.63, 3.8) is 0 Å². The Balaban J connectivity index is 1.39. The molecule has 2 aliphatic carbocycles. The van der Waals surface area contributed by atoms with Crippen molar-refractivity contribution in [1.82, 2.24) is 15.5 Å². The molecule has 2 fully saturated rings. The lowest BCUT2D eigenvalue weighted by Crippen LogP contribution is -2.47. The number of carbonyl (C=O) groups excluding carboxylic acids is 1. The molecule has 0 bridgehead atoms. The Hall–Kier alpha value is -2.14. The van der Waals surface area contributed by atoms with Gasteiger partial charge in [0.2, 0.25) is 0 Å². The second kappa shape index (κ2) is 4.43. The van der Waals surface area contributed by atoms with E-state index in [0.29, 0.717) is 23.1 Å². The molecule has 0 saturated heterocycles. The van der Waals surface area contributed by atoms with Gasteiger partial charge in [-0.05, 0) is 42.4 Å². The third kappa shape index (κ3) is 2.14. The zero-order valence-electron chi connectivity index (χ0n) is 11.7. The molecular weight excluding hydrogens is 264 g/mol. The lowest BCUT2D eigenvalue weighted by Gasteiger charge is -2.37. The summed E-state index contributed by atoms with van der Waals surface area (Å²) in [7, 11) is 0. The van der Waals surface area contributed by atoms with Crippen molar-refractivity contribution < 1.29 is 4.79 Å². The molecule has 0 radical (unpaired) electrons. The van der Waals surface area contributed by atoms with E-state index in [4.69, 9.17) is 5.73 Å². The van der Waals surface area contributed by atoms with Crippen LogP contribution in [-0.2, 0) is 0 Å². The normalized spacial score (nSPS) is 30.0. The van der Waals surface area contributed by atoms with Crippen LogP contribution >= 0.6 is 0 Å². The predicted molar refractivity (Wildman–Crippen MR) is 79.5 cm³/mol. The van der Waals surface area contributed by atoms with E-state index in [1.54, 1.807) is 6.20 Å². The lowest BCUT2D eigenvalue weighted by atomic mass is 9.76. The molecular formula is C16H18N4O. The summed E-state index contributed by atoms with van der Waals surface area (Å²) in [6.07, 6.45) is 6.79. The molecule has 2 aromatic rings. The number of nitrogens with zero attached hydrogens (tertiary/aromatic N) is 1. The molecule has 4 N–H and O–H groups in total. The Bertz CT molecular complexity index is 656. The SMILES string of the molecule is NC1CC12CC(NC(=O)c1ccc(-c3cn[nH]c3)cc1)C2. The fourth-order valence-corrected chi connectivity index (χ4v) is 3.36.